The van der Waals surface area contributed by atoms with E-state index in [-0.39, 0.29) is 22.3 Å². The molecule has 1 aliphatic rings. The predicted molar refractivity (Wildman–Crippen MR) is 129 cm³/mol. The number of nitro groups is 1. The third-order valence-corrected chi connectivity index (χ3v) is 6.97. The number of sulfonamides is 1. The third kappa shape index (κ3) is 6.07. The summed E-state index contributed by atoms with van der Waals surface area (Å²) in [7, 11) is -4.13. The van der Waals surface area contributed by atoms with Crippen LogP contribution in [0.2, 0.25) is 0 Å². The third-order valence-electron chi connectivity index (χ3n) is 5.34. The lowest BCUT2D eigenvalue weighted by Gasteiger charge is -2.25. The molecule has 11 heteroatoms. The minimum atomic E-state index is -4.13. The van der Waals surface area contributed by atoms with Crippen molar-refractivity contribution in [2.24, 2.45) is 0 Å². The van der Waals surface area contributed by atoms with E-state index in [4.69, 9.17) is 12.2 Å². The molecule has 0 bridgehead atoms. The number of rotatable bonds is 7. The predicted octanol–water partition coefficient (Wildman–Crippen LogP) is 4.14. The molecule has 0 saturated heterocycles. The number of nitro benzene ring substituents is 1. The first-order chi connectivity index (χ1) is 15.2. The lowest BCUT2D eigenvalue weighted by Crippen LogP contribution is -2.45. The molecule has 2 aromatic carbocycles. The molecule has 0 aliphatic heterocycles. The summed E-state index contributed by atoms with van der Waals surface area (Å²) in [5.41, 5.74) is 7.52. The fourth-order valence-electron chi connectivity index (χ4n) is 3.67. The highest BCUT2D eigenvalue weighted by Crippen LogP contribution is 2.29. The normalized spacial score (nSPS) is 14.4. The van der Waals surface area contributed by atoms with Crippen LogP contribution < -0.4 is 20.9 Å². The van der Waals surface area contributed by atoms with Gasteiger partial charge in [0, 0.05) is 18.2 Å². The maximum absolute atomic E-state index is 13.1. The average Bonchev–Trinajstić information content (AvgIpc) is 2.75. The maximum Gasteiger partial charge on any atom is 0.270 e. The zero-order valence-corrected chi connectivity index (χ0v) is 19.6. The molecule has 9 nitrogen and oxygen atoms in total. The molecule has 0 radical (unpaired) electrons. The molecule has 0 atom stereocenters. The van der Waals surface area contributed by atoms with Gasteiger partial charge in [-0.3, -0.25) is 25.7 Å². The van der Waals surface area contributed by atoms with E-state index in [9.17, 15) is 18.5 Å². The van der Waals surface area contributed by atoms with Crippen LogP contribution in [0.4, 0.5) is 17.1 Å². The van der Waals surface area contributed by atoms with Gasteiger partial charge in [-0.25, -0.2) is 8.42 Å². The van der Waals surface area contributed by atoms with Crippen molar-refractivity contribution in [3.63, 3.8) is 0 Å². The van der Waals surface area contributed by atoms with Crippen molar-refractivity contribution in [2.75, 3.05) is 10.1 Å². The number of hydrogen-bond acceptors (Lipinski definition) is 6. The Morgan fingerprint density at radius 3 is 2.41 bits per heavy atom. The largest absolute Gasteiger partial charge is 0.359 e. The quantitative estimate of drug-likeness (QED) is 0.266. The van der Waals surface area contributed by atoms with Crippen molar-refractivity contribution in [1.82, 2.24) is 10.7 Å². The molecule has 3 rings (SSSR count). The molecule has 0 spiro atoms. The molecule has 4 N–H and O–H groups in total. The van der Waals surface area contributed by atoms with Gasteiger partial charge < -0.3 is 5.32 Å². The van der Waals surface area contributed by atoms with E-state index < -0.39 is 14.9 Å². The Hall–Kier alpha value is -2.92. The maximum atomic E-state index is 13.1. The number of nitrogens with zero attached hydrogens (tertiary/aromatic N) is 1. The smallest absolute Gasteiger partial charge is 0.270 e. The van der Waals surface area contributed by atoms with Crippen LogP contribution in [0.25, 0.3) is 0 Å². The highest BCUT2D eigenvalue weighted by molar-refractivity contribution is 7.93. The molecule has 1 saturated carbocycles. The highest BCUT2D eigenvalue weighted by Gasteiger charge is 2.24. The zero-order chi connectivity index (χ0) is 23.3. The van der Waals surface area contributed by atoms with Crippen molar-refractivity contribution < 1.29 is 13.3 Å². The molecule has 172 valence electrons. The van der Waals surface area contributed by atoms with Gasteiger partial charge >= 0.3 is 0 Å². The molecule has 0 unspecified atom stereocenters. The second-order valence-corrected chi connectivity index (χ2v) is 9.98. The topological polar surface area (TPSA) is 125 Å². The van der Waals surface area contributed by atoms with Gasteiger partial charge in [-0.1, -0.05) is 37.0 Å². The molecule has 32 heavy (non-hydrogen) atoms. The minimum Gasteiger partial charge on any atom is -0.359 e. The van der Waals surface area contributed by atoms with Gasteiger partial charge in [-0.05, 0) is 56.6 Å². The van der Waals surface area contributed by atoms with Crippen molar-refractivity contribution >= 4 is 44.4 Å². The van der Waals surface area contributed by atoms with E-state index in [1.165, 1.54) is 18.6 Å². The van der Waals surface area contributed by atoms with Crippen LogP contribution in [0, 0.1) is 24.0 Å². The number of thiocarbonyl (C=S) groups is 1. The molecular formula is C21H27N5O4S2. The zero-order valence-electron chi connectivity index (χ0n) is 18.0. The Labute approximate surface area is 193 Å². The van der Waals surface area contributed by atoms with E-state index in [2.05, 4.69) is 20.9 Å². The molecule has 1 aliphatic carbocycles. The summed E-state index contributed by atoms with van der Waals surface area (Å²) in [5.74, 6) is 0. The molecule has 2 aromatic rings. The molecule has 0 amide bonds. The summed E-state index contributed by atoms with van der Waals surface area (Å²) < 4.78 is 28.8. The van der Waals surface area contributed by atoms with Crippen LogP contribution >= 0.6 is 12.2 Å². The first-order valence-electron chi connectivity index (χ1n) is 10.4. The summed E-state index contributed by atoms with van der Waals surface area (Å²) in [5, 5.41) is 14.8. The Morgan fingerprint density at radius 1 is 1.06 bits per heavy atom. The van der Waals surface area contributed by atoms with Crippen LogP contribution in [0.5, 0.6) is 0 Å². The van der Waals surface area contributed by atoms with Gasteiger partial charge in [0.2, 0.25) is 0 Å². The minimum absolute atomic E-state index is 0.139. The number of benzene rings is 2. The Morgan fingerprint density at radius 2 is 1.75 bits per heavy atom. The fourth-order valence-corrected chi connectivity index (χ4v) is 5.20. The van der Waals surface area contributed by atoms with Gasteiger partial charge in [-0.15, -0.1) is 0 Å². The average molecular weight is 478 g/mol. The first-order valence-corrected chi connectivity index (χ1v) is 12.3. The summed E-state index contributed by atoms with van der Waals surface area (Å²) in [6.07, 6.45) is 5.55. The Bertz CT molecular complexity index is 1120. The van der Waals surface area contributed by atoms with Crippen LogP contribution in [0.3, 0.4) is 0 Å². The lowest BCUT2D eigenvalue weighted by atomic mass is 9.96. The second-order valence-electron chi connectivity index (χ2n) is 7.92. The van der Waals surface area contributed by atoms with Crippen molar-refractivity contribution in [2.45, 2.75) is 56.9 Å². The van der Waals surface area contributed by atoms with Crippen LogP contribution in [0.15, 0.2) is 41.3 Å². The number of hydrazine groups is 1. The van der Waals surface area contributed by atoms with Gasteiger partial charge in [0.05, 0.1) is 16.3 Å². The molecular weight excluding hydrogens is 450 g/mol. The van der Waals surface area contributed by atoms with Gasteiger partial charge in [0.15, 0.2) is 5.11 Å². The lowest BCUT2D eigenvalue weighted by molar-refractivity contribution is -0.385. The highest BCUT2D eigenvalue weighted by atomic mass is 32.2. The van der Waals surface area contributed by atoms with Crippen LogP contribution in [0.1, 0.15) is 43.2 Å². The Balaban J connectivity index is 1.82. The standard InChI is InChI=1S/C21H27N5O4S2/c1-14-8-10-18(15(2)12-14)25-32(29,30)20-13-17(26(27)28)9-11-19(20)23-24-21(31)22-16-6-4-3-5-7-16/h8-13,16,23,25H,3-7H2,1-2H3,(H2,22,24,31). The van der Waals surface area contributed by atoms with Crippen molar-refractivity contribution in [1.29, 1.82) is 0 Å². The number of aryl methyl sites for hydroxylation is 2. The van der Waals surface area contributed by atoms with E-state index in [0.29, 0.717) is 10.8 Å². The number of anilines is 2. The molecule has 0 aromatic heterocycles. The number of hydrogen-bond donors (Lipinski definition) is 4. The number of nitrogens with one attached hydrogen (secondary N) is 4. The number of non-ortho nitro benzene ring substituents is 1. The Kier molecular flexibility index (Phi) is 7.52. The van der Waals surface area contributed by atoms with Crippen molar-refractivity contribution in [3.05, 3.63) is 57.6 Å². The van der Waals surface area contributed by atoms with Crippen LogP contribution in [-0.2, 0) is 10.0 Å². The summed E-state index contributed by atoms with van der Waals surface area (Å²) in [4.78, 5) is 10.4. The monoisotopic (exact) mass is 477 g/mol. The van der Waals surface area contributed by atoms with Crippen LogP contribution in [-0.4, -0.2) is 24.5 Å². The first kappa shape index (κ1) is 23.7. The summed E-state index contributed by atoms with van der Waals surface area (Å²) in [6, 6.07) is 9.16. The van der Waals surface area contributed by atoms with Crippen molar-refractivity contribution in [3.8, 4) is 0 Å². The fraction of sp³-hybridized carbons (Fsp3) is 0.381. The van der Waals surface area contributed by atoms with Gasteiger partial charge in [-0.2, -0.15) is 0 Å². The SMILES string of the molecule is Cc1ccc(NS(=O)(=O)c2cc([N+](=O)[O-])ccc2NNC(=S)NC2CCCCC2)c(C)c1. The summed E-state index contributed by atoms with van der Waals surface area (Å²) >= 11 is 5.31. The van der Waals surface area contributed by atoms with E-state index in [0.717, 1.165) is 42.9 Å². The van der Waals surface area contributed by atoms with E-state index in [1.54, 1.807) is 19.1 Å². The summed E-state index contributed by atoms with van der Waals surface area (Å²) in [6.45, 7) is 3.69. The van der Waals surface area contributed by atoms with E-state index in [1.807, 2.05) is 13.0 Å². The molecule has 0 heterocycles. The van der Waals surface area contributed by atoms with Gasteiger partial charge in [0.1, 0.15) is 4.90 Å². The van der Waals surface area contributed by atoms with Gasteiger partial charge in [0.25, 0.3) is 15.7 Å². The van der Waals surface area contributed by atoms with E-state index >= 15 is 0 Å². The molecule has 1 fully saturated rings. The second kappa shape index (κ2) is 10.1.